The number of hydrogen-bond acceptors (Lipinski definition) is 3. The summed E-state index contributed by atoms with van der Waals surface area (Å²) in [7, 11) is 1.54. The minimum Gasteiger partial charge on any atom is -0.493 e. The topological polar surface area (TPSA) is 47.6 Å². The van der Waals surface area contributed by atoms with Gasteiger partial charge >= 0.3 is 0 Å². The van der Waals surface area contributed by atoms with Crippen molar-refractivity contribution in [3.8, 4) is 11.5 Å². The average molecular weight is 329 g/mol. The van der Waals surface area contributed by atoms with Crippen LogP contribution >= 0.6 is 0 Å². The van der Waals surface area contributed by atoms with E-state index in [4.69, 9.17) is 9.47 Å². The lowest BCUT2D eigenvalue weighted by Gasteiger charge is -2.12. The second-order valence-electron chi connectivity index (χ2n) is 5.28. The summed E-state index contributed by atoms with van der Waals surface area (Å²) in [6.07, 6.45) is 2.51. The summed E-state index contributed by atoms with van der Waals surface area (Å²) < 4.78 is 24.2. The number of anilines is 1. The van der Waals surface area contributed by atoms with Gasteiger partial charge in [-0.15, -0.1) is 6.58 Å². The van der Waals surface area contributed by atoms with E-state index in [1.165, 1.54) is 13.2 Å². The highest BCUT2D eigenvalue weighted by Gasteiger charge is 2.09. The molecule has 4 nitrogen and oxygen atoms in total. The highest BCUT2D eigenvalue weighted by molar-refractivity contribution is 5.91. The van der Waals surface area contributed by atoms with Crippen LogP contribution in [0.2, 0.25) is 0 Å². The Morgan fingerprint density at radius 3 is 2.71 bits per heavy atom. The van der Waals surface area contributed by atoms with Crippen LogP contribution in [0.25, 0.3) is 0 Å². The summed E-state index contributed by atoms with van der Waals surface area (Å²) in [5, 5.41) is 2.59. The Labute approximate surface area is 140 Å². The lowest BCUT2D eigenvalue weighted by Crippen LogP contribution is -2.20. The zero-order chi connectivity index (χ0) is 17.5. The van der Waals surface area contributed by atoms with Gasteiger partial charge in [-0.2, -0.15) is 0 Å². The van der Waals surface area contributed by atoms with Gasteiger partial charge in [0.1, 0.15) is 5.82 Å². The standard InChI is InChI=1S/C19H20FNO3/c1-4-5-14-7-9-17(18(10-14)23-3)24-12-19(22)21-15-8-6-13(2)16(20)11-15/h4,6-11H,1,5,12H2,2-3H3,(H,21,22). The number of methoxy groups -OCH3 is 1. The number of carbonyl (C=O) groups excluding carboxylic acids is 1. The molecule has 0 heterocycles. The van der Waals surface area contributed by atoms with E-state index in [2.05, 4.69) is 11.9 Å². The molecule has 0 radical (unpaired) electrons. The molecule has 0 saturated carbocycles. The number of aryl methyl sites for hydroxylation is 1. The molecule has 0 aliphatic carbocycles. The van der Waals surface area contributed by atoms with Gasteiger partial charge in [0.2, 0.25) is 0 Å². The zero-order valence-corrected chi connectivity index (χ0v) is 13.8. The van der Waals surface area contributed by atoms with E-state index in [-0.39, 0.29) is 18.3 Å². The predicted octanol–water partition coefficient (Wildman–Crippen LogP) is 3.89. The lowest BCUT2D eigenvalue weighted by molar-refractivity contribution is -0.118. The van der Waals surface area contributed by atoms with Crippen LogP contribution in [0.1, 0.15) is 11.1 Å². The van der Waals surface area contributed by atoms with Crippen LogP contribution in [0.5, 0.6) is 11.5 Å². The summed E-state index contributed by atoms with van der Waals surface area (Å²) in [5.41, 5.74) is 1.95. The Balaban J connectivity index is 1.98. The van der Waals surface area contributed by atoms with Crippen molar-refractivity contribution in [2.75, 3.05) is 19.0 Å². The number of nitrogens with one attached hydrogen (secondary N) is 1. The highest BCUT2D eigenvalue weighted by atomic mass is 19.1. The first-order chi connectivity index (χ1) is 11.5. The molecule has 2 aromatic rings. The number of amides is 1. The third kappa shape index (κ3) is 4.59. The van der Waals surface area contributed by atoms with Crippen LogP contribution in [0.15, 0.2) is 49.1 Å². The van der Waals surface area contributed by atoms with Crippen molar-refractivity contribution in [1.82, 2.24) is 0 Å². The van der Waals surface area contributed by atoms with Gasteiger partial charge in [0, 0.05) is 5.69 Å². The highest BCUT2D eigenvalue weighted by Crippen LogP contribution is 2.28. The number of ether oxygens (including phenoxy) is 2. The second kappa shape index (κ2) is 8.15. The molecular weight excluding hydrogens is 309 g/mol. The average Bonchev–Trinajstić information content (AvgIpc) is 2.57. The molecule has 0 spiro atoms. The quantitative estimate of drug-likeness (QED) is 0.784. The molecule has 0 fully saturated rings. The van der Waals surface area contributed by atoms with Crippen molar-refractivity contribution in [3.05, 3.63) is 66.0 Å². The third-order valence-corrected chi connectivity index (χ3v) is 3.42. The van der Waals surface area contributed by atoms with Crippen LogP contribution in [0.4, 0.5) is 10.1 Å². The van der Waals surface area contributed by atoms with E-state index in [1.54, 1.807) is 31.2 Å². The molecule has 1 N–H and O–H groups in total. The molecular formula is C19H20FNO3. The molecule has 0 atom stereocenters. The molecule has 5 heteroatoms. The minimum absolute atomic E-state index is 0.202. The van der Waals surface area contributed by atoms with Gasteiger partial charge in [-0.3, -0.25) is 4.79 Å². The molecule has 1 amide bonds. The molecule has 2 aromatic carbocycles. The Kier molecular flexibility index (Phi) is 5.95. The van der Waals surface area contributed by atoms with Gasteiger partial charge in [0.15, 0.2) is 18.1 Å². The molecule has 0 aromatic heterocycles. The van der Waals surface area contributed by atoms with Crippen molar-refractivity contribution >= 4 is 11.6 Å². The summed E-state index contributed by atoms with van der Waals surface area (Å²) in [6, 6.07) is 9.99. The smallest absolute Gasteiger partial charge is 0.262 e. The number of benzene rings is 2. The summed E-state index contributed by atoms with van der Waals surface area (Å²) in [6.45, 7) is 5.15. The van der Waals surface area contributed by atoms with Gasteiger partial charge in [0.05, 0.1) is 7.11 Å². The Hall–Kier alpha value is -2.82. The van der Waals surface area contributed by atoms with Crippen molar-refractivity contribution in [2.24, 2.45) is 0 Å². The molecule has 126 valence electrons. The van der Waals surface area contributed by atoms with Crippen LogP contribution in [0.3, 0.4) is 0 Å². The van der Waals surface area contributed by atoms with Crippen LogP contribution in [-0.4, -0.2) is 19.6 Å². The Bertz CT molecular complexity index is 743. The zero-order valence-electron chi connectivity index (χ0n) is 13.8. The number of carbonyl (C=O) groups is 1. The number of rotatable bonds is 7. The summed E-state index contributed by atoms with van der Waals surface area (Å²) in [5.74, 6) is 0.266. The van der Waals surface area contributed by atoms with Gasteiger partial charge < -0.3 is 14.8 Å². The number of halogens is 1. The molecule has 0 aliphatic heterocycles. The molecule has 0 aliphatic rings. The Morgan fingerprint density at radius 1 is 1.25 bits per heavy atom. The maximum absolute atomic E-state index is 13.5. The normalized spacial score (nSPS) is 10.1. The monoisotopic (exact) mass is 329 g/mol. The first-order valence-corrected chi connectivity index (χ1v) is 7.50. The fourth-order valence-electron chi connectivity index (χ4n) is 2.14. The molecule has 2 rings (SSSR count). The van der Waals surface area contributed by atoms with Gasteiger partial charge in [0.25, 0.3) is 5.91 Å². The van der Waals surface area contributed by atoms with Crippen molar-refractivity contribution in [2.45, 2.75) is 13.3 Å². The van der Waals surface area contributed by atoms with Crippen molar-refractivity contribution < 1.29 is 18.7 Å². The largest absolute Gasteiger partial charge is 0.493 e. The predicted molar refractivity (Wildman–Crippen MR) is 92.2 cm³/mol. The first kappa shape index (κ1) is 17.5. The maximum Gasteiger partial charge on any atom is 0.262 e. The minimum atomic E-state index is -0.379. The van der Waals surface area contributed by atoms with E-state index in [0.29, 0.717) is 22.7 Å². The summed E-state index contributed by atoms with van der Waals surface area (Å²) >= 11 is 0. The van der Waals surface area contributed by atoms with Crippen LogP contribution in [0, 0.1) is 12.7 Å². The fourth-order valence-corrected chi connectivity index (χ4v) is 2.14. The van der Waals surface area contributed by atoms with Crippen LogP contribution in [-0.2, 0) is 11.2 Å². The van der Waals surface area contributed by atoms with E-state index < -0.39 is 0 Å². The maximum atomic E-state index is 13.5. The van der Waals surface area contributed by atoms with Gasteiger partial charge in [-0.1, -0.05) is 18.2 Å². The number of allylic oxidation sites excluding steroid dienone is 1. The SMILES string of the molecule is C=CCc1ccc(OCC(=O)Nc2ccc(C)c(F)c2)c(OC)c1. The van der Waals surface area contributed by atoms with E-state index >= 15 is 0 Å². The summed E-state index contributed by atoms with van der Waals surface area (Å²) in [4.78, 5) is 11.9. The molecule has 24 heavy (non-hydrogen) atoms. The first-order valence-electron chi connectivity index (χ1n) is 7.50. The fraction of sp³-hybridized carbons (Fsp3) is 0.211. The van der Waals surface area contributed by atoms with Crippen molar-refractivity contribution in [1.29, 1.82) is 0 Å². The number of hydrogen-bond donors (Lipinski definition) is 1. The van der Waals surface area contributed by atoms with E-state index in [0.717, 1.165) is 12.0 Å². The molecule has 0 unspecified atom stereocenters. The van der Waals surface area contributed by atoms with E-state index in [1.807, 2.05) is 12.1 Å². The second-order valence-corrected chi connectivity index (χ2v) is 5.28. The third-order valence-electron chi connectivity index (χ3n) is 3.42. The van der Waals surface area contributed by atoms with Crippen molar-refractivity contribution in [3.63, 3.8) is 0 Å². The molecule has 0 saturated heterocycles. The van der Waals surface area contributed by atoms with Crippen LogP contribution < -0.4 is 14.8 Å². The van der Waals surface area contributed by atoms with E-state index in [9.17, 15) is 9.18 Å². The Morgan fingerprint density at radius 2 is 2.04 bits per heavy atom. The lowest BCUT2D eigenvalue weighted by atomic mass is 10.1. The van der Waals surface area contributed by atoms with Gasteiger partial charge in [-0.25, -0.2) is 4.39 Å². The van der Waals surface area contributed by atoms with Gasteiger partial charge in [-0.05, 0) is 48.7 Å². The molecule has 0 bridgehead atoms.